The summed E-state index contributed by atoms with van der Waals surface area (Å²) >= 11 is 0. The molecule has 3 atom stereocenters. The Morgan fingerprint density at radius 3 is 2.76 bits per heavy atom. The van der Waals surface area contributed by atoms with Crippen molar-refractivity contribution in [2.45, 2.75) is 84.0 Å². The molecule has 0 spiro atoms. The van der Waals surface area contributed by atoms with Gasteiger partial charge in [-0.15, -0.1) is 0 Å². The van der Waals surface area contributed by atoms with Gasteiger partial charge in [-0.25, -0.2) is 4.39 Å². The van der Waals surface area contributed by atoms with Crippen molar-refractivity contribution in [3.05, 3.63) is 64.5 Å². The normalized spacial score (nSPS) is 17.6. The summed E-state index contributed by atoms with van der Waals surface area (Å²) in [7, 11) is 0. The number of aliphatic hydroxyl groups is 1. The van der Waals surface area contributed by atoms with E-state index in [2.05, 4.69) is 4.90 Å². The van der Waals surface area contributed by atoms with E-state index in [4.69, 9.17) is 14.6 Å². The minimum Gasteiger partial charge on any atom is -0.494 e. The van der Waals surface area contributed by atoms with Crippen molar-refractivity contribution in [1.29, 1.82) is 0 Å². The summed E-state index contributed by atoms with van der Waals surface area (Å²) < 4.78 is 25.8. The summed E-state index contributed by atoms with van der Waals surface area (Å²) in [6.07, 6.45) is 4.35. The minimum atomic E-state index is -0.774. The van der Waals surface area contributed by atoms with E-state index in [1.165, 1.54) is 0 Å². The van der Waals surface area contributed by atoms with Gasteiger partial charge in [-0.05, 0) is 106 Å². The number of hydrogen-bond acceptors (Lipinski definition) is 5. The Morgan fingerprint density at radius 1 is 1.22 bits per heavy atom. The van der Waals surface area contributed by atoms with Gasteiger partial charge in [0.05, 0.1) is 25.4 Å². The number of ether oxygens (including phenoxy) is 2. The summed E-state index contributed by atoms with van der Waals surface area (Å²) in [5.41, 5.74) is 3.77. The third-order valence-corrected chi connectivity index (χ3v) is 7.14. The first-order valence-electron chi connectivity index (χ1n) is 13.5. The number of benzene rings is 2. The average Bonchev–Trinajstić information content (AvgIpc) is 3.29. The molecule has 2 aromatic carbocycles. The lowest BCUT2D eigenvalue weighted by molar-refractivity contribution is -0.137. The number of likely N-dealkylation sites (tertiary alicyclic amines) is 1. The van der Waals surface area contributed by atoms with Gasteiger partial charge in [-0.2, -0.15) is 0 Å². The second kappa shape index (κ2) is 14.5. The largest absolute Gasteiger partial charge is 0.494 e. The highest BCUT2D eigenvalue weighted by molar-refractivity contribution is 5.66. The highest BCUT2D eigenvalue weighted by Crippen LogP contribution is 2.28. The zero-order chi connectivity index (χ0) is 26.8. The smallest absolute Gasteiger partial charge is 0.303 e. The highest BCUT2D eigenvalue weighted by Gasteiger charge is 2.27. The van der Waals surface area contributed by atoms with E-state index in [0.29, 0.717) is 25.1 Å². The van der Waals surface area contributed by atoms with Gasteiger partial charge in [-0.1, -0.05) is 18.2 Å². The SMILES string of the molecule is CCOc1ccc(CCCCC(=O)O)c([C@@H](C)OC[C@H](O)CN2CCC[C@H]2Cc2ccc(C)c(F)c2)c1. The van der Waals surface area contributed by atoms with Crippen molar-refractivity contribution in [1.82, 2.24) is 4.90 Å². The van der Waals surface area contributed by atoms with Crippen molar-refractivity contribution < 1.29 is 28.9 Å². The number of carboxylic acids is 1. The van der Waals surface area contributed by atoms with Crippen LogP contribution in [0.15, 0.2) is 36.4 Å². The lowest BCUT2D eigenvalue weighted by atomic mass is 9.97. The molecule has 1 aliphatic heterocycles. The Labute approximate surface area is 220 Å². The third-order valence-electron chi connectivity index (χ3n) is 7.14. The Morgan fingerprint density at radius 2 is 2.03 bits per heavy atom. The fourth-order valence-corrected chi connectivity index (χ4v) is 5.10. The Bertz CT molecular complexity index is 1010. The first-order chi connectivity index (χ1) is 17.8. The number of unbranched alkanes of at least 4 members (excludes halogenated alkanes) is 1. The van der Waals surface area contributed by atoms with Gasteiger partial charge in [0.2, 0.25) is 0 Å². The standard InChI is InChI=1S/C30H42FNO5/c1-4-36-27-14-13-24(8-5-6-10-30(34)35)28(18-27)22(3)37-20-26(33)19-32-15-7-9-25(32)16-23-12-11-21(2)29(31)17-23/h11-14,17-18,22,25-26,33H,4-10,15-16,19-20H2,1-3H3,(H,34,35)/t22-,25+,26-/m1/s1. The van der Waals surface area contributed by atoms with E-state index < -0.39 is 12.1 Å². The lowest BCUT2D eigenvalue weighted by Gasteiger charge is -2.28. The van der Waals surface area contributed by atoms with Gasteiger partial charge in [-0.3, -0.25) is 9.69 Å². The van der Waals surface area contributed by atoms with Crippen molar-refractivity contribution in [2.24, 2.45) is 0 Å². The number of carboxylic acid groups (broad SMARTS) is 1. The molecule has 37 heavy (non-hydrogen) atoms. The summed E-state index contributed by atoms with van der Waals surface area (Å²) in [5.74, 6) is -0.168. The Kier molecular flexibility index (Phi) is 11.4. The summed E-state index contributed by atoms with van der Waals surface area (Å²) in [4.78, 5) is 13.1. The van der Waals surface area contributed by atoms with Gasteiger partial charge in [0.1, 0.15) is 11.6 Å². The Balaban J connectivity index is 1.55. The molecule has 0 aliphatic carbocycles. The van der Waals surface area contributed by atoms with Crippen LogP contribution in [0.5, 0.6) is 5.75 Å². The molecule has 0 unspecified atom stereocenters. The number of rotatable bonds is 15. The molecule has 2 N–H and O–H groups in total. The van der Waals surface area contributed by atoms with Crippen LogP contribution >= 0.6 is 0 Å². The van der Waals surface area contributed by atoms with E-state index >= 15 is 0 Å². The molecule has 204 valence electrons. The van der Waals surface area contributed by atoms with Gasteiger partial charge >= 0.3 is 5.97 Å². The zero-order valence-corrected chi connectivity index (χ0v) is 22.4. The predicted molar refractivity (Wildman–Crippen MR) is 143 cm³/mol. The average molecular weight is 516 g/mol. The quantitative estimate of drug-likeness (QED) is 0.306. The molecule has 0 saturated carbocycles. The van der Waals surface area contributed by atoms with Crippen molar-refractivity contribution >= 4 is 5.97 Å². The summed E-state index contributed by atoms with van der Waals surface area (Å²) in [6, 6.07) is 11.7. The first kappa shape index (κ1) is 29.1. The maximum atomic E-state index is 14.0. The van der Waals surface area contributed by atoms with Crippen LogP contribution in [0.3, 0.4) is 0 Å². The topological polar surface area (TPSA) is 79.2 Å². The lowest BCUT2D eigenvalue weighted by Crippen LogP contribution is -2.39. The first-order valence-corrected chi connectivity index (χ1v) is 13.5. The molecule has 7 heteroatoms. The number of β-amino-alcohol motifs (C(OH)–C–C–N with tert-alkyl or cyclic N) is 1. The maximum absolute atomic E-state index is 14.0. The zero-order valence-electron chi connectivity index (χ0n) is 22.4. The van der Waals surface area contributed by atoms with Gasteiger partial charge in [0.15, 0.2) is 0 Å². The summed E-state index contributed by atoms with van der Waals surface area (Å²) in [5, 5.41) is 19.7. The van der Waals surface area contributed by atoms with Crippen molar-refractivity contribution in [3.63, 3.8) is 0 Å². The molecule has 0 amide bonds. The maximum Gasteiger partial charge on any atom is 0.303 e. The molecule has 6 nitrogen and oxygen atoms in total. The molecule has 0 radical (unpaired) electrons. The van der Waals surface area contributed by atoms with Crippen LogP contribution in [-0.4, -0.2) is 59.5 Å². The predicted octanol–water partition coefficient (Wildman–Crippen LogP) is 5.48. The molecule has 1 heterocycles. The number of aliphatic carboxylic acids is 1. The van der Waals surface area contributed by atoms with Crippen LogP contribution in [-0.2, 0) is 22.4 Å². The van der Waals surface area contributed by atoms with E-state index in [0.717, 1.165) is 61.1 Å². The number of carbonyl (C=O) groups is 1. The van der Waals surface area contributed by atoms with E-state index in [1.54, 1.807) is 13.0 Å². The fraction of sp³-hybridized carbons (Fsp3) is 0.567. The molecule has 2 aromatic rings. The molecular formula is C30H42FNO5. The van der Waals surface area contributed by atoms with Crippen LogP contribution in [0.2, 0.25) is 0 Å². The van der Waals surface area contributed by atoms with Crippen LogP contribution in [0.4, 0.5) is 4.39 Å². The van der Waals surface area contributed by atoms with E-state index in [9.17, 15) is 14.3 Å². The van der Waals surface area contributed by atoms with Crippen LogP contribution in [0.25, 0.3) is 0 Å². The molecule has 0 aromatic heterocycles. The Hall–Kier alpha value is -2.48. The molecular weight excluding hydrogens is 473 g/mol. The number of halogens is 1. The third kappa shape index (κ3) is 9.09. The highest BCUT2D eigenvalue weighted by atomic mass is 19.1. The van der Waals surface area contributed by atoms with E-state index in [1.807, 2.05) is 44.2 Å². The van der Waals surface area contributed by atoms with Crippen molar-refractivity contribution in [2.75, 3.05) is 26.3 Å². The number of nitrogens with zero attached hydrogens (tertiary/aromatic N) is 1. The molecule has 1 saturated heterocycles. The molecule has 1 fully saturated rings. The fourth-order valence-electron chi connectivity index (χ4n) is 5.10. The monoisotopic (exact) mass is 515 g/mol. The summed E-state index contributed by atoms with van der Waals surface area (Å²) in [6.45, 7) is 7.90. The van der Waals surface area contributed by atoms with Crippen LogP contribution < -0.4 is 4.74 Å². The van der Waals surface area contributed by atoms with Gasteiger partial charge in [0.25, 0.3) is 0 Å². The van der Waals surface area contributed by atoms with Gasteiger partial charge < -0.3 is 19.7 Å². The number of aliphatic hydroxyl groups excluding tert-OH is 1. The second-order valence-corrected chi connectivity index (χ2v) is 10.1. The van der Waals surface area contributed by atoms with Crippen molar-refractivity contribution in [3.8, 4) is 5.75 Å². The molecule has 0 bridgehead atoms. The van der Waals surface area contributed by atoms with Crippen LogP contribution in [0.1, 0.15) is 74.3 Å². The molecule has 3 rings (SSSR count). The van der Waals surface area contributed by atoms with Gasteiger partial charge in [0, 0.05) is 19.0 Å². The minimum absolute atomic E-state index is 0.167. The van der Waals surface area contributed by atoms with E-state index in [-0.39, 0.29) is 31.0 Å². The second-order valence-electron chi connectivity index (χ2n) is 10.1. The van der Waals surface area contributed by atoms with Crippen LogP contribution in [0, 0.1) is 12.7 Å². The number of aryl methyl sites for hydroxylation is 2. The molecule has 1 aliphatic rings. The number of hydrogen-bond donors (Lipinski definition) is 2.